The second-order valence-electron chi connectivity index (χ2n) is 7.12. The number of halogens is 1. The predicted molar refractivity (Wildman–Crippen MR) is 116 cm³/mol. The third-order valence-corrected chi connectivity index (χ3v) is 3.87. The molecule has 2 atom stereocenters. The van der Waals surface area contributed by atoms with Crippen LogP contribution in [0.5, 0.6) is 0 Å². The highest BCUT2D eigenvalue weighted by atomic mass is 127. The second-order valence-corrected chi connectivity index (χ2v) is 7.12. The zero-order valence-corrected chi connectivity index (χ0v) is 19.0. The standard InChI is InChI=1S/C18H38N4O2.HI/c1-15(2)14-23-11-7-9-21-18(19-5)20-8-6-10-22-12-16(3)24-17(4)13-22;/h15-17H,6-14H2,1-5H3,(H2,19,20,21);1H. The van der Waals surface area contributed by atoms with Crippen molar-refractivity contribution < 1.29 is 9.47 Å². The summed E-state index contributed by atoms with van der Waals surface area (Å²) in [5.74, 6) is 1.48. The summed E-state index contributed by atoms with van der Waals surface area (Å²) in [5.41, 5.74) is 0. The van der Waals surface area contributed by atoms with Crippen LogP contribution < -0.4 is 10.6 Å². The van der Waals surface area contributed by atoms with E-state index in [9.17, 15) is 0 Å². The molecule has 2 unspecified atom stereocenters. The summed E-state index contributed by atoms with van der Waals surface area (Å²) in [6.45, 7) is 15.3. The Labute approximate surface area is 171 Å². The molecule has 1 rings (SSSR count). The van der Waals surface area contributed by atoms with E-state index in [-0.39, 0.29) is 24.0 Å². The largest absolute Gasteiger partial charge is 0.381 e. The molecule has 150 valence electrons. The van der Waals surface area contributed by atoms with Crippen LogP contribution in [0, 0.1) is 5.92 Å². The Hall–Kier alpha value is -0.120. The summed E-state index contributed by atoms with van der Waals surface area (Å²) in [4.78, 5) is 6.75. The lowest BCUT2D eigenvalue weighted by atomic mass is 10.2. The Morgan fingerprint density at radius 2 is 1.76 bits per heavy atom. The molecule has 0 radical (unpaired) electrons. The van der Waals surface area contributed by atoms with E-state index in [1.165, 1.54) is 0 Å². The SMILES string of the molecule is CN=C(NCCCOCC(C)C)NCCCN1CC(C)OC(C)C1.I. The maximum Gasteiger partial charge on any atom is 0.190 e. The third kappa shape index (κ3) is 12.8. The zero-order chi connectivity index (χ0) is 17.8. The van der Waals surface area contributed by atoms with Gasteiger partial charge in [0.05, 0.1) is 12.2 Å². The zero-order valence-electron chi connectivity index (χ0n) is 16.7. The number of guanidine groups is 1. The van der Waals surface area contributed by atoms with Gasteiger partial charge in [-0.3, -0.25) is 9.89 Å². The Kier molecular flexibility index (Phi) is 14.9. The molecule has 25 heavy (non-hydrogen) atoms. The highest BCUT2D eigenvalue weighted by molar-refractivity contribution is 14.0. The van der Waals surface area contributed by atoms with Crippen molar-refractivity contribution in [3.05, 3.63) is 0 Å². The molecule has 0 aromatic carbocycles. The van der Waals surface area contributed by atoms with Crippen LogP contribution >= 0.6 is 24.0 Å². The molecule has 0 bridgehead atoms. The number of nitrogens with one attached hydrogen (secondary N) is 2. The molecular weight excluding hydrogens is 431 g/mol. The van der Waals surface area contributed by atoms with E-state index in [0.29, 0.717) is 18.1 Å². The van der Waals surface area contributed by atoms with Crippen molar-refractivity contribution >= 4 is 29.9 Å². The summed E-state index contributed by atoms with van der Waals surface area (Å²) < 4.78 is 11.3. The first-order valence-electron chi connectivity index (χ1n) is 9.41. The molecular formula is C18H39IN4O2. The van der Waals surface area contributed by atoms with Gasteiger partial charge < -0.3 is 20.1 Å². The molecule has 0 saturated carbocycles. The molecule has 0 amide bonds. The molecule has 2 N–H and O–H groups in total. The minimum Gasteiger partial charge on any atom is -0.381 e. The Morgan fingerprint density at radius 3 is 2.32 bits per heavy atom. The smallest absolute Gasteiger partial charge is 0.190 e. The van der Waals surface area contributed by atoms with E-state index in [1.54, 1.807) is 0 Å². The number of nitrogens with zero attached hydrogens (tertiary/aromatic N) is 2. The van der Waals surface area contributed by atoms with Gasteiger partial charge in [-0.25, -0.2) is 0 Å². The molecule has 0 aromatic heterocycles. The highest BCUT2D eigenvalue weighted by Crippen LogP contribution is 2.10. The average molecular weight is 470 g/mol. The Balaban J connectivity index is 0.00000576. The number of hydrogen-bond acceptors (Lipinski definition) is 4. The van der Waals surface area contributed by atoms with Crippen LogP contribution in [0.3, 0.4) is 0 Å². The van der Waals surface area contributed by atoms with Gasteiger partial charge in [0.2, 0.25) is 0 Å². The van der Waals surface area contributed by atoms with Gasteiger partial charge in [-0.2, -0.15) is 0 Å². The molecule has 1 aliphatic heterocycles. The molecule has 1 saturated heterocycles. The molecule has 0 aromatic rings. The van der Waals surface area contributed by atoms with Gasteiger partial charge in [0, 0.05) is 53.0 Å². The van der Waals surface area contributed by atoms with Crippen molar-refractivity contribution in [3.63, 3.8) is 0 Å². The van der Waals surface area contributed by atoms with Crippen molar-refractivity contribution in [2.75, 3.05) is 53.0 Å². The van der Waals surface area contributed by atoms with Crippen LogP contribution in [0.4, 0.5) is 0 Å². The van der Waals surface area contributed by atoms with Crippen molar-refractivity contribution in [3.8, 4) is 0 Å². The normalized spacial score (nSPS) is 21.9. The molecule has 7 heteroatoms. The Bertz CT molecular complexity index is 346. The van der Waals surface area contributed by atoms with Crippen LogP contribution in [0.2, 0.25) is 0 Å². The van der Waals surface area contributed by atoms with E-state index in [4.69, 9.17) is 9.47 Å². The maximum atomic E-state index is 5.77. The van der Waals surface area contributed by atoms with Gasteiger partial charge in [0.15, 0.2) is 5.96 Å². The van der Waals surface area contributed by atoms with Gasteiger partial charge >= 0.3 is 0 Å². The van der Waals surface area contributed by atoms with Crippen LogP contribution in [-0.2, 0) is 9.47 Å². The summed E-state index contributed by atoms with van der Waals surface area (Å²) in [6, 6.07) is 0. The first-order chi connectivity index (χ1) is 11.5. The number of hydrogen-bond donors (Lipinski definition) is 2. The minimum atomic E-state index is 0. The van der Waals surface area contributed by atoms with Gasteiger partial charge in [-0.1, -0.05) is 13.8 Å². The lowest BCUT2D eigenvalue weighted by Crippen LogP contribution is -2.46. The second kappa shape index (κ2) is 15.0. The molecule has 6 nitrogen and oxygen atoms in total. The lowest BCUT2D eigenvalue weighted by molar-refractivity contribution is -0.0679. The van der Waals surface area contributed by atoms with E-state index in [0.717, 1.165) is 64.7 Å². The monoisotopic (exact) mass is 470 g/mol. The van der Waals surface area contributed by atoms with Crippen LogP contribution in [0.25, 0.3) is 0 Å². The third-order valence-electron chi connectivity index (χ3n) is 3.87. The number of aliphatic imine (C=N–C) groups is 1. The highest BCUT2D eigenvalue weighted by Gasteiger charge is 2.21. The topological polar surface area (TPSA) is 58.1 Å². The number of rotatable bonds is 10. The quantitative estimate of drug-likeness (QED) is 0.222. The minimum absolute atomic E-state index is 0. The first kappa shape index (κ1) is 24.9. The van der Waals surface area contributed by atoms with Gasteiger partial charge in [0.25, 0.3) is 0 Å². The van der Waals surface area contributed by atoms with Crippen LogP contribution in [0.15, 0.2) is 4.99 Å². The fourth-order valence-corrected chi connectivity index (χ4v) is 2.90. The molecule has 0 spiro atoms. The first-order valence-corrected chi connectivity index (χ1v) is 9.41. The summed E-state index contributed by atoms with van der Waals surface area (Å²) in [6.07, 6.45) is 2.79. The molecule has 1 aliphatic rings. The van der Waals surface area contributed by atoms with Crippen molar-refractivity contribution in [2.24, 2.45) is 10.9 Å². The van der Waals surface area contributed by atoms with E-state index >= 15 is 0 Å². The van der Waals surface area contributed by atoms with Crippen molar-refractivity contribution in [1.29, 1.82) is 0 Å². The van der Waals surface area contributed by atoms with Crippen LogP contribution in [-0.4, -0.2) is 76.1 Å². The van der Waals surface area contributed by atoms with Crippen molar-refractivity contribution in [2.45, 2.75) is 52.7 Å². The molecule has 1 heterocycles. The summed E-state index contributed by atoms with van der Waals surface area (Å²) in [7, 11) is 1.82. The number of ether oxygens (including phenoxy) is 2. The van der Waals surface area contributed by atoms with E-state index < -0.39 is 0 Å². The average Bonchev–Trinajstić information content (AvgIpc) is 2.51. The Morgan fingerprint density at radius 1 is 1.16 bits per heavy atom. The lowest BCUT2D eigenvalue weighted by Gasteiger charge is -2.35. The van der Waals surface area contributed by atoms with Gasteiger partial charge in [-0.15, -0.1) is 24.0 Å². The fraction of sp³-hybridized carbons (Fsp3) is 0.944. The summed E-state index contributed by atoms with van der Waals surface area (Å²) >= 11 is 0. The molecule has 0 aliphatic carbocycles. The maximum absolute atomic E-state index is 5.77. The predicted octanol–water partition coefficient (Wildman–Crippen LogP) is 2.33. The van der Waals surface area contributed by atoms with Gasteiger partial charge in [0.1, 0.15) is 0 Å². The van der Waals surface area contributed by atoms with Crippen molar-refractivity contribution in [1.82, 2.24) is 15.5 Å². The fourth-order valence-electron chi connectivity index (χ4n) is 2.90. The summed E-state index contributed by atoms with van der Waals surface area (Å²) in [5, 5.41) is 6.72. The van der Waals surface area contributed by atoms with E-state index in [1.807, 2.05) is 7.05 Å². The molecule has 1 fully saturated rings. The number of morpholine rings is 1. The van der Waals surface area contributed by atoms with E-state index in [2.05, 4.69) is 48.2 Å². The van der Waals surface area contributed by atoms with Crippen LogP contribution in [0.1, 0.15) is 40.5 Å². The van der Waals surface area contributed by atoms with Gasteiger partial charge in [-0.05, 0) is 32.6 Å².